The standard InChI is InChI=1S/C13H19NO4/c1-9(13(16)14(2)3)18-12-7-11(17-4)6-5-10(12)8-15/h5-7,9,15H,8H2,1-4H3. The maximum Gasteiger partial charge on any atom is 0.262 e. The van der Waals surface area contributed by atoms with Crippen molar-refractivity contribution in [1.82, 2.24) is 4.90 Å². The first-order chi connectivity index (χ1) is 8.49. The molecule has 5 heteroatoms. The highest BCUT2D eigenvalue weighted by Gasteiger charge is 2.18. The monoisotopic (exact) mass is 253 g/mol. The minimum Gasteiger partial charge on any atom is -0.497 e. The number of ether oxygens (including phenoxy) is 2. The number of hydrogen-bond acceptors (Lipinski definition) is 4. The van der Waals surface area contributed by atoms with Crippen molar-refractivity contribution in [3.8, 4) is 11.5 Å². The largest absolute Gasteiger partial charge is 0.497 e. The second kappa shape index (κ2) is 6.26. The summed E-state index contributed by atoms with van der Waals surface area (Å²) in [5.74, 6) is 0.938. The van der Waals surface area contributed by atoms with Crippen LogP contribution >= 0.6 is 0 Å². The van der Waals surface area contributed by atoms with Gasteiger partial charge in [0.15, 0.2) is 6.10 Å². The van der Waals surface area contributed by atoms with Gasteiger partial charge in [-0.25, -0.2) is 0 Å². The third-order valence-corrected chi connectivity index (χ3v) is 2.54. The van der Waals surface area contributed by atoms with Gasteiger partial charge in [0.25, 0.3) is 5.91 Å². The molecule has 100 valence electrons. The van der Waals surface area contributed by atoms with Gasteiger partial charge in [0.1, 0.15) is 11.5 Å². The second-order valence-corrected chi connectivity index (χ2v) is 4.12. The summed E-state index contributed by atoms with van der Waals surface area (Å²) in [5.41, 5.74) is 0.620. The Morgan fingerprint density at radius 3 is 2.61 bits per heavy atom. The van der Waals surface area contributed by atoms with E-state index in [9.17, 15) is 9.90 Å². The van der Waals surface area contributed by atoms with Crippen molar-refractivity contribution in [3.05, 3.63) is 23.8 Å². The molecule has 0 radical (unpaired) electrons. The molecular formula is C13H19NO4. The van der Waals surface area contributed by atoms with E-state index in [-0.39, 0.29) is 12.5 Å². The van der Waals surface area contributed by atoms with Crippen LogP contribution in [0.15, 0.2) is 18.2 Å². The zero-order valence-corrected chi connectivity index (χ0v) is 11.1. The average molecular weight is 253 g/mol. The Labute approximate surface area is 107 Å². The number of amides is 1. The third-order valence-electron chi connectivity index (χ3n) is 2.54. The Kier molecular flexibility index (Phi) is 4.97. The molecular weight excluding hydrogens is 234 g/mol. The fourth-order valence-electron chi connectivity index (χ4n) is 1.51. The summed E-state index contributed by atoms with van der Waals surface area (Å²) < 4.78 is 10.7. The van der Waals surface area contributed by atoms with Crippen LogP contribution in [0.25, 0.3) is 0 Å². The van der Waals surface area contributed by atoms with Crippen molar-refractivity contribution in [2.75, 3.05) is 21.2 Å². The van der Waals surface area contributed by atoms with Crippen LogP contribution in [-0.2, 0) is 11.4 Å². The number of benzene rings is 1. The van der Waals surface area contributed by atoms with Gasteiger partial charge in [-0.15, -0.1) is 0 Å². The number of nitrogens with zero attached hydrogens (tertiary/aromatic N) is 1. The third kappa shape index (κ3) is 3.37. The SMILES string of the molecule is COc1ccc(CO)c(OC(C)C(=O)N(C)C)c1. The molecule has 0 saturated heterocycles. The molecule has 1 atom stereocenters. The number of rotatable bonds is 5. The number of aliphatic hydroxyl groups is 1. The molecule has 0 bridgehead atoms. The molecule has 1 rings (SSSR count). The van der Waals surface area contributed by atoms with Crippen LogP contribution in [0.2, 0.25) is 0 Å². The number of carbonyl (C=O) groups excluding carboxylic acids is 1. The van der Waals surface area contributed by atoms with Crippen LogP contribution < -0.4 is 9.47 Å². The molecule has 1 N–H and O–H groups in total. The number of likely N-dealkylation sites (N-methyl/N-ethyl adjacent to an activating group) is 1. The highest BCUT2D eigenvalue weighted by atomic mass is 16.5. The van der Waals surface area contributed by atoms with Crippen LogP contribution in [0.5, 0.6) is 11.5 Å². The van der Waals surface area contributed by atoms with E-state index in [1.807, 2.05) is 0 Å². The van der Waals surface area contributed by atoms with Crippen molar-refractivity contribution in [2.24, 2.45) is 0 Å². The molecule has 1 aromatic rings. The molecule has 0 aromatic heterocycles. The number of hydrogen-bond donors (Lipinski definition) is 1. The Morgan fingerprint density at radius 2 is 2.11 bits per heavy atom. The van der Waals surface area contributed by atoms with Gasteiger partial charge in [0.2, 0.25) is 0 Å². The first-order valence-electron chi connectivity index (χ1n) is 5.65. The van der Waals surface area contributed by atoms with Crippen molar-refractivity contribution >= 4 is 5.91 Å². The molecule has 0 aliphatic rings. The lowest BCUT2D eigenvalue weighted by Crippen LogP contribution is -2.35. The zero-order chi connectivity index (χ0) is 13.7. The summed E-state index contributed by atoms with van der Waals surface area (Å²) in [5, 5.41) is 9.23. The number of carbonyl (C=O) groups is 1. The van der Waals surface area contributed by atoms with E-state index in [2.05, 4.69) is 0 Å². The van der Waals surface area contributed by atoms with Crippen LogP contribution in [-0.4, -0.2) is 43.2 Å². The second-order valence-electron chi connectivity index (χ2n) is 4.12. The number of aliphatic hydroxyl groups excluding tert-OH is 1. The van der Waals surface area contributed by atoms with Crippen LogP contribution in [0.1, 0.15) is 12.5 Å². The van der Waals surface area contributed by atoms with Crippen molar-refractivity contribution in [1.29, 1.82) is 0 Å². The predicted octanol–water partition coefficient (Wildman–Crippen LogP) is 1.04. The molecule has 0 saturated carbocycles. The summed E-state index contributed by atoms with van der Waals surface area (Å²) in [6.07, 6.45) is -0.614. The van der Waals surface area contributed by atoms with E-state index < -0.39 is 6.10 Å². The summed E-state index contributed by atoms with van der Waals surface area (Å²) in [6.45, 7) is 1.52. The molecule has 0 heterocycles. The Bertz CT molecular complexity index is 417. The molecule has 0 spiro atoms. The van der Waals surface area contributed by atoms with Gasteiger partial charge in [-0.1, -0.05) is 0 Å². The lowest BCUT2D eigenvalue weighted by molar-refractivity contribution is -0.135. The van der Waals surface area contributed by atoms with Gasteiger partial charge >= 0.3 is 0 Å². The smallest absolute Gasteiger partial charge is 0.262 e. The van der Waals surface area contributed by atoms with E-state index in [1.54, 1.807) is 46.3 Å². The van der Waals surface area contributed by atoms with Gasteiger partial charge in [0.05, 0.1) is 13.7 Å². The fourth-order valence-corrected chi connectivity index (χ4v) is 1.51. The quantitative estimate of drug-likeness (QED) is 0.852. The minimum atomic E-state index is -0.614. The van der Waals surface area contributed by atoms with E-state index in [0.29, 0.717) is 17.1 Å². The lowest BCUT2D eigenvalue weighted by Gasteiger charge is -2.20. The molecule has 5 nitrogen and oxygen atoms in total. The molecule has 1 aromatic carbocycles. The predicted molar refractivity (Wildman–Crippen MR) is 67.7 cm³/mol. The molecule has 1 amide bonds. The first-order valence-corrected chi connectivity index (χ1v) is 5.65. The molecule has 18 heavy (non-hydrogen) atoms. The van der Waals surface area contributed by atoms with Gasteiger partial charge in [-0.05, 0) is 19.1 Å². The Hall–Kier alpha value is -1.75. The lowest BCUT2D eigenvalue weighted by atomic mass is 10.2. The van der Waals surface area contributed by atoms with E-state index >= 15 is 0 Å². The topological polar surface area (TPSA) is 59.0 Å². The maximum absolute atomic E-state index is 11.7. The Balaban J connectivity index is 2.91. The van der Waals surface area contributed by atoms with Crippen molar-refractivity contribution < 1.29 is 19.4 Å². The summed E-state index contributed by atoms with van der Waals surface area (Å²) >= 11 is 0. The van der Waals surface area contributed by atoms with Crippen LogP contribution in [0.3, 0.4) is 0 Å². The normalized spacial score (nSPS) is 11.8. The number of methoxy groups -OCH3 is 1. The van der Waals surface area contributed by atoms with Crippen molar-refractivity contribution in [3.63, 3.8) is 0 Å². The molecule has 1 unspecified atom stereocenters. The first kappa shape index (κ1) is 14.3. The van der Waals surface area contributed by atoms with Gasteiger partial charge in [0, 0.05) is 25.7 Å². The van der Waals surface area contributed by atoms with Gasteiger partial charge < -0.3 is 19.5 Å². The van der Waals surface area contributed by atoms with Crippen molar-refractivity contribution in [2.45, 2.75) is 19.6 Å². The van der Waals surface area contributed by atoms with Crippen LogP contribution in [0, 0.1) is 0 Å². The Morgan fingerprint density at radius 1 is 1.44 bits per heavy atom. The summed E-state index contributed by atoms with van der Waals surface area (Å²) in [7, 11) is 4.88. The molecule has 0 aliphatic carbocycles. The fraction of sp³-hybridized carbons (Fsp3) is 0.462. The van der Waals surface area contributed by atoms with E-state index in [1.165, 1.54) is 4.90 Å². The van der Waals surface area contributed by atoms with E-state index in [4.69, 9.17) is 9.47 Å². The highest BCUT2D eigenvalue weighted by Crippen LogP contribution is 2.26. The minimum absolute atomic E-state index is 0.137. The average Bonchev–Trinajstić information content (AvgIpc) is 2.37. The molecule has 0 aliphatic heterocycles. The summed E-state index contributed by atoms with van der Waals surface area (Å²) in [4.78, 5) is 13.2. The zero-order valence-electron chi connectivity index (χ0n) is 11.1. The van der Waals surface area contributed by atoms with Crippen LogP contribution in [0.4, 0.5) is 0 Å². The highest BCUT2D eigenvalue weighted by molar-refractivity contribution is 5.80. The van der Waals surface area contributed by atoms with Gasteiger partial charge in [-0.2, -0.15) is 0 Å². The maximum atomic E-state index is 11.7. The molecule has 0 fully saturated rings. The van der Waals surface area contributed by atoms with Gasteiger partial charge in [-0.3, -0.25) is 4.79 Å². The van der Waals surface area contributed by atoms with E-state index in [0.717, 1.165) is 0 Å². The summed E-state index contributed by atoms with van der Waals surface area (Å²) in [6, 6.07) is 5.10.